The number of carbonyl (C=O) groups is 1. The Labute approximate surface area is 91.0 Å². The quantitative estimate of drug-likeness (QED) is 0.744. The van der Waals surface area contributed by atoms with Gasteiger partial charge in [0, 0.05) is 6.61 Å². The number of hydrogen-bond donors (Lipinski definition) is 2. The average molecular weight is 215 g/mol. The standard InChI is InChI=1S/C11H21NO3/c1-10(2,3)15-8-6-11(9(13)14)5-4-7-12-11/h12H,4-8H2,1-3H3,(H,13,14). The summed E-state index contributed by atoms with van der Waals surface area (Å²) in [6.45, 7) is 7.21. The first-order valence-electron chi connectivity index (χ1n) is 5.48. The fourth-order valence-electron chi connectivity index (χ4n) is 1.84. The van der Waals surface area contributed by atoms with E-state index in [1.807, 2.05) is 20.8 Å². The van der Waals surface area contributed by atoms with Crippen LogP contribution < -0.4 is 5.32 Å². The largest absolute Gasteiger partial charge is 0.480 e. The van der Waals surface area contributed by atoms with Crippen LogP contribution in [-0.2, 0) is 9.53 Å². The van der Waals surface area contributed by atoms with Crippen molar-refractivity contribution in [2.75, 3.05) is 13.2 Å². The molecule has 0 aromatic rings. The number of rotatable bonds is 4. The third-order valence-corrected chi connectivity index (χ3v) is 2.72. The van der Waals surface area contributed by atoms with E-state index >= 15 is 0 Å². The number of carboxylic acid groups (broad SMARTS) is 1. The number of aliphatic carboxylic acids is 1. The molecule has 0 aliphatic carbocycles. The van der Waals surface area contributed by atoms with Gasteiger partial charge in [-0.1, -0.05) is 0 Å². The van der Waals surface area contributed by atoms with Crippen LogP contribution in [0.4, 0.5) is 0 Å². The van der Waals surface area contributed by atoms with Crippen LogP contribution in [0, 0.1) is 0 Å². The van der Waals surface area contributed by atoms with Gasteiger partial charge in [-0.05, 0) is 46.6 Å². The zero-order valence-electron chi connectivity index (χ0n) is 9.80. The van der Waals surface area contributed by atoms with Gasteiger partial charge in [-0.15, -0.1) is 0 Å². The Morgan fingerprint density at radius 3 is 2.60 bits per heavy atom. The molecule has 2 N–H and O–H groups in total. The van der Waals surface area contributed by atoms with Gasteiger partial charge in [0.25, 0.3) is 0 Å². The lowest BCUT2D eigenvalue weighted by Gasteiger charge is -2.27. The molecular formula is C11H21NO3. The molecule has 1 atom stereocenters. The van der Waals surface area contributed by atoms with Gasteiger partial charge in [0.1, 0.15) is 5.54 Å². The number of ether oxygens (including phenoxy) is 1. The third-order valence-electron chi connectivity index (χ3n) is 2.72. The van der Waals surface area contributed by atoms with Crippen LogP contribution in [0.3, 0.4) is 0 Å². The zero-order chi connectivity index (χ0) is 11.5. The monoisotopic (exact) mass is 215 g/mol. The third kappa shape index (κ3) is 3.47. The second kappa shape index (κ2) is 4.49. The summed E-state index contributed by atoms with van der Waals surface area (Å²) in [6, 6.07) is 0. The number of carboxylic acids is 1. The first-order valence-corrected chi connectivity index (χ1v) is 5.48. The topological polar surface area (TPSA) is 58.6 Å². The summed E-state index contributed by atoms with van der Waals surface area (Å²) in [7, 11) is 0. The van der Waals surface area contributed by atoms with E-state index in [4.69, 9.17) is 4.74 Å². The molecule has 88 valence electrons. The van der Waals surface area contributed by atoms with Crippen molar-refractivity contribution >= 4 is 5.97 Å². The summed E-state index contributed by atoms with van der Waals surface area (Å²) in [5.74, 6) is -0.752. The van der Waals surface area contributed by atoms with Gasteiger partial charge in [-0.25, -0.2) is 0 Å². The second-order valence-electron chi connectivity index (χ2n) is 5.13. The maximum atomic E-state index is 11.2. The molecule has 1 rings (SSSR count). The average Bonchev–Trinajstić information content (AvgIpc) is 2.51. The van der Waals surface area contributed by atoms with Crippen LogP contribution in [0.25, 0.3) is 0 Å². The Morgan fingerprint density at radius 2 is 2.20 bits per heavy atom. The molecule has 1 aliphatic heterocycles. The number of nitrogens with one attached hydrogen (secondary N) is 1. The van der Waals surface area contributed by atoms with Crippen LogP contribution >= 0.6 is 0 Å². The summed E-state index contributed by atoms with van der Waals surface area (Å²) in [6.07, 6.45) is 2.18. The van der Waals surface area contributed by atoms with Crippen LogP contribution in [-0.4, -0.2) is 35.4 Å². The SMILES string of the molecule is CC(C)(C)OCCC1(C(=O)O)CCCN1. The van der Waals surface area contributed by atoms with Crippen LogP contribution in [0.2, 0.25) is 0 Å². The molecular weight excluding hydrogens is 194 g/mol. The molecule has 1 heterocycles. The van der Waals surface area contributed by atoms with Crippen LogP contribution in [0.1, 0.15) is 40.0 Å². The Bertz CT molecular complexity index is 226. The predicted octanol–water partition coefficient (Wildman–Crippen LogP) is 1.40. The summed E-state index contributed by atoms with van der Waals surface area (Å²) in [5.41, 5.74) is -0.941. The van der Waals surface area contributed by atoms with E-state index in [0.717, 1.165) is 13.0 Å². The molecule has 0 bridgehead atoms. The zero-order valence-corrected chi connectivity index (χ0v) is 9.80. The minimum absolute atomic E-state index is 0.196. The summed E-state index contributed by atoms with van der Waals surface area (Å²) < 4.78 is 5.56. The molecule has 0 aromatic carbocycles. The maximum absolute atomic E-state index is 11.2. The first kappa shape index (κ1) is 12.5. The van der Waals surface area contributed by atoms with Crippen molar-refractivity contribution in [3.05, 3.63) is 0 Å². The summed E-state index contributed by atoms with van der Waals surface area (Å²) in [4.78, 5) is 11.2. The lowest BCUT2D eigenvalue weighted by molar-refractivity contribution is -0.145. The Balaban J connectivity index is 2.43. The van der Waals surface area contributed by atoms with Gasteiger partial charge in [0.05, 0.1) is 5.60 Å². The molecule has 4 nitrogen and oxygen atoms in total. The van der Waals surface area contributed by atoms with Gasteiger partial charge in [-0.2, -0.15) is 0 Å². The molecule has 0 spiro atoms. The molecule has 1 fully saturated rings. The van der Waals surface area contributed by atoms with Gasteiger partial charge in [-0.3, -0.25) is 4.79 Å². The molecule has 0 radical (unpaired) electrons. The van der Waals surface area contributed by atoms with Gasteiger partial charge in [0.2, 0.25) is 0 Å². The Kier molecular flexibility index (Phi) is 3.73. The van der Waals surface area contributed by atoms with Gasteiger partial charge in [0.15, 0.2) is 0 Å². The van der Waals surface area contributed by atoms with E-state index in [0.29, 0.717) is 19.4 Å². The van der Waals surface area contributed by atoms with Crippen LogP contribution in [0.5, 0.6) is 0 Å². The smallest absolute Gasteiger partial charge is 0.323 e. The van der Waals surface area contributed by atoms with Gasteiger partial charge >= 0.3 is 5.97 Å². The van der Waals surface area contributed by atoms with Crippen molar-refractivity contribution in [1.29, 1.82) is 0 Å². The Hall–Kier alpha value is -0.610. The Morgan fingerprint density at radius 1 is 1.53 bits per heavy atom. The fourth-order valence-corrected chi connectivity index (χ4v) is 1.84. The molecule has 0 amide bonds. The van der Waals surface area contributed by atoms with Crippen molar-refractivity contribution in [3.63, 3.8) is 0 Å². The lowest BCUT2D eigenvalue weighted by atomic mass is 9.94. The molecule has 1 aliphatic rings. The van der Waals surface area contributed by atoms with E-state index in [-0.39, 0.29) is 5.60 Å². The fraction of sp³-hybridized carbons (Fsp3) is 0.909. The van der Waals surface area contributed by atoms with Crippen molar-refractivity contribution < 1.29 is 14.6 Å². The van der Waals surface area contributed by atoms with Gasteiger partial charge < -0.3 is 15.2 Å². The second-order valence-corrected chi connectivity index (χ2v) is 5.13. The molecule has 1 unspecified atom stereocenters. The minimum atomic E-state index is -0.752. The molecule has 1 saturated heterocycles. The highest BCUT2D eigenvalue weighted by Gasteiger charge is 2.40. The lowest BCUT2D eigenvalue weighted by Crippen LogP contribution is -2.48. The highest BCUT2D eigenvalue weighted by molar-refractivity contribution is 5.79. The molecule has 0 saturated carbocycles. The van der Waals surface area contributed by atoms with E-state index in [1.54, 1.807) is 0 Å². The van der Waals surface area contributed by atoms with E-state index in [9.17, 15) is 9.90 Å². The van der Waals surface area contributed by atoms with Crippen molar-refractivity contribution in [3.8, 4) is 0 Å². The van der Waals surface area contributed by atoms with E-state index in [1.165, 1.54) is 0 Å². The predicted molar refractivity (Wildman–Crippen MR) is 57.9 cm³/mol. The van der Waals surface area contributed by atoms with E-state index in [2.05, 4.69) is 5.32 Å². The molecule has 4 heteroatoms. The maximum Gasteiger partial charge on any atom is 0.323 e. The van der Waals surface area contributed by atoms with Crippen molar-refractivity contribution in [2.24, 2.45) is 0 Å². The van der Waals surface area contributed by atoms with Crippen molar-refractivity contribution in [2.45, 2.75) is 51.2 Å². The first-order chi connectivity index (χ1) is 6.86. The summed E-state index contributed by atoms with van der Waals surface area (Å²) in [5, 5.41) is 12.3. The normalized spacial score (nSPS) is 26.9. The molecule has 15 heavy (non-hydrogen) atoms. The molecule has 0 aromatic heterocycles. The van der Waals surface area contributed by atoms with Crippen LogP contribution in [0.15, 0.2) is 0 Å². The van der Waals surface area contributed by atoms with E-state index < -0.39 is 11.5 Å². The number of hydrogen-bond acceptors (Lipinski definition) is 3. The minimum Gasteiger partial charge on any atom is -0.480 e. The highest BCUT2D eigenvalue weighted by Crippen LogP contribution is 2.24. The highest BCUT2D eigenvalue weighted by atomic mass is 16.5. The summed E-state index contributed by atoms with van der Waals surface area (Å²) >= 11 is 0. The van der Waals surface area contributed by atoms with Crippen molar-refractivity contribution in [1.82, 2.24) is 5.32 Å².